The van der Waals surface area contributed by atoms with E-state index in [1.54, 1.807) is 0 Å². The van der Waals surface area contributed by atoms with Gasteiger partial charge in [-0.3, -0.25) is 0 Å². The maximum Gasteiger partial charge on any atom is 0.0466 e. The van der Waals surface area contributed by atoms with E-state index in [0.717, 1.165) is 25.0 Å². The summed E-state index contributed by atoms with van der Waals surface area (Å²) in [4.78, 5) is 0. The minimum atomic E-state index is 0.998. The molecule has 2 unspecified atom stereocenters. The molecule has 0 radical (unpaired) electrons. The summed E-state index contributed by atoms with van der Waals surface area (Å²) in [5.41, 5.74) is 0. The van der Waals surface area contributed by atoms with Crippen LogP contribution in [0.5, 0.6) is 0 Å². The molecule has 69 heavy (non-hydrogen) atoms. The van der Waals surface area contributed by atoms with Gasteiger partial charge >= 0.3 is 0 Å². The summed E-state index contributed by atoms with van der Waals surface area (Å²) in [5.74, 6) is 2.04. The van der Waals surface area contributed by atoms with E-state index in [2.05, 4.69) is 27.7 Å². The fraction of sp³-hybridized carbons (Fsp3) is 1.00. The summed E-state index contributed by atoms with van der Waals surface area (Å²) >= 11 is 0. The maximum atomic E-state index is 5.99. The average molecular weight is 972 g/mol. The minimum Gasteiger partial charge on any atom is -0.381 e. The Balaban J connectivity index is 3.35. The lowest BCUT2D eigenvalue weighted by Crippen LogP contribution is -2.00. The monoisotopic (exact) mass is 971 g/mol. The molecule has 1 heteroatoms. The molecule has 1 nitrogen and oxygen atoms in total. The van der Waals surface area contributed by atoms with Gasteiger partial charge in [-0.1, -0.05) is 400 Å². The van der Waals surface area contributed by atoms with E-state index in [4.69, 9.17) is 4.74 Å². The molecule has 0 saturated heterocycles. The average Bonchev–Trinajstić information content (AvgIpc) is 3.35. The summed E-state index contributed by atoms with van der Waals surface area (Å²) in [6, 6.07) is 0. The molecule has 0 heterocycles. The molecular weight excluding hydrogens is 833 g/mol. The molecule has 0 bridgehead atoms. The Morgan fingerprint density at radius 3 is 0.493 bits per heavy atom. The van der Waals surface area contributed by atoms with Crippen LogP contribution in [0.4, 0.5) is 0 Å². The van der Waals surface area contributed by atoms with E-state index in [1.165, 1.54) is 385 Å². The highest BCUT2D eigenvalue weighted by Crippen LogP contribution is 2.26. The lowest BCUT2D eigenvalue weighted by Gasteiger charge is -2.16. The van der Waals surface area contributed by atoms with Gasteiger partial charge in [-0.15, -0.1) is 0 Å². The van der Waals surface area contributed by atoms with Gasteiger partial charge < -0.3 is 4.74 Å². The standard InChI is InChI=1S/C68H138O/c1-5-9-11-13-15-17-19-21-23-29-35-41-47-53-61-67(59-7-3)63-55-49-43-37-31-25-27-33-39-45-51-57-65-69-66-58-52-46-40-34-28-26-32-38-44-50-56-64-68(60-8-4)62-54-48-42-36-30-24-22-20-18-16-14-12-10-6-2/h67-68H,5-66H2,1-4H3. The number of ether oxygens (including phenoxy) is 1. The Bertz CT molecular complexity index is 783. The van der Waals surface area contributed by atoms with Crippen LogP contribution in [0, 0.1) is 11.8 Å². The highest BCUT2D eigenvalue weighted by atomic mass is 16.5. The predicted molar refractivity (Wildman–Crippen MR) is 318 cm³/mol. The number of hydrogen-bond donors (Lipinski definition) is 0. The van der Waals surface area contributed by atoms with E-state index in [9.17, 15) is 0 Å². The predicted octanol–water partition coefficient (Wildman–Crippen LogP) is 25.7. The molecule has 0 aromatic heterocycles. The van der Waals surface area contributed by atoms with E-state index in [1.807, 2.05) is 0 Å². The smallest absolute Gasteiger partial charge is 0.0466 e. The summed E-state index contributed by atoms with van der Waals surface area (Å²) in [5, 5.41) is 0. The third-order valence-corrected chi connectivity index (χ3v) is 16.6. The number of hydrogen-bond acceptors (Lipinski definition) is 1. The fourth-order valence-corrected chi connectivity index (χ4v) is 11.8. The molecule has 0 aliphatic carbocycles. The molecule has 0 saturated carbocycles. The molecule has 2 atom stereocenters. The van der Waals surface area contributed by atoms with Crippen molar-refractivity contribution in [3.63, 3.8) is 0 Å². The molecular formula is C68H138O. The molecule has 0 aliphatic heterocycles. The molecule has 0 amide bonds. The van der Waals surface area contributed by atoms with Crippen LogP contribution in [-0.2, 0) is 4.74 Å². The molecule has 0 N–H and O–H groups in total. The van der Waals surface area contributed by atoms with Gasteiger partial charge in [0, 0.05) is 13.2 Å². The van der Waals surface area contributed by atoms with Crippen LogP contribution >= 0.6 is 0 Å². The highest BCUT2D eigenvalue weighted by Gasteiger charge is 2.09. The zero-order valence-electron chi connectivity index (χ0n) is 49.4. The normalized spacial score (nSPS) is 12.7. The van der Waals surface area contributed by atoms with Crippen LogP contribution in [-0.4, -0.2) is 13.2 Å². The Morgan fingerprint density at radius 2 is 0.319 bits per heavy atom. The second-order valence-electron chi connectivity index (χ2n) is 23.8. The van der Waals surface area contributed by atoms with Crippen LogP contribution in [0.15, 0.2) is 0 Å². The van der Waals surface area contributed by atoms with Crippen molar-refractivity contribution in [2.75, 3.05) is 13.2 Å². The third kappa shape index (κ3) is 60.4. The lowest BCUT2D eigenvalue weighted by molar-refractivity contribution is 0.125. The molecule has 0 fully saturated rings. The van der Waals surface area contributed by atoms with Gasteiger partial charge in [0.1, 0.15) is 0 Å². The van der Waals surface area contributed by atoms with Crippen LogP contribution in [0.25, 0.3) is 0 Å². The summed E-state index contributed by atoms with van der Waals surface area (Å²) in [6.07, 6.45) is 87.7. The van der Waals surface area contributed by atoms with Crippen LogP contribution in [0.3, 0.4) is 0 Å². The highest BCUT2D eigenvalue weighted by molar-refractivity contribution is 4.63. The second kappa shape index (κ2) is 64.1. The molecule has 0 rings (SSSR count). The first kappa shape index (κ1) is 69.0. The van der Waals surface area contributed by atoms with Gasteiger partial charge in [0.15, 0.2) is 0 Å². The lowest BCUT2D eigenvalue weighted by atomic mass is 9.90. The zero-order chi connectivity index (χ0) is 49.7. The van der Waals surface area contributed by atoms with Crippen molar-refractivity contribution in [3.8, 4) is 0 Å². The Kier molecular flexibility index (Phi) is 64.0. The van der Waals surface area contributed by atoms with Crippen molar-refractivity contribution in [1.29, 1.82) is 0 Å². The topological polar surface area (TPSA) is 9.23 Å². The van der Waals surface area contributed by atoms with Crippen molar-refractivity contribution in [2.45, 2.75) is 413 Å². The second-order valence-corrected chi connectivity index (χ2v) is 23.8. The van der Waals surface area contributed by atoms with Crippen LogP contribution in [0.2, 0.25) is 0 Å². The largest absolute Gasteiger partial charge is 0.381 e. The fourth-order valence-electron chi connectivity index (χ4n) is 11.8. The van der Waals surface area contributed by atoms with Gasteiger partial charge in [0.25, 0.3) is 0 Å². The van der Waals surface area contributed by atoms with E-state index in [-0.39, 0.29) is 0 Å². The van der Waals surface area contributed by atoms with Crippen molar-refractivity contribution in [3.05, 3.63) is 0 Å². The summed E-state index contributed by atoms with van der Waals surface area (Å²) < 4.78 is 5.99. The Labute approximate surface area is 440 Å². The molecule has 0 aliphatic rings. The Morgan fingerprint density at radius 1 is 0.159 bits per heavy atom. The number of rotatable bonds is 64. The van der Waals surface area contributed by atoms with E-state index < -0.39 is 0 Å². The van der Waals surface area contributed by atoms with Gasteiger partial charge in [-0.2, -0.15) is 0 Å². The maximum absolute atomic E-state index is 5.99. The first-order valence-corrected chi connectivity index (χ1v) is 33.9. The first-order valence-electron chi connectivity index (χ1n) is 33.9. The quantitative estimate of drug-likeness (QED) is 0.0552. The zero-order valence-corrected chi connectivity index (χ0v) is 49.4. The van der Waals surface area contributed by atoms with E-state index in [0.29, 0.717) is 0 Å². The van der Waals surface area contributed by atoms with Crippen LogP contribution in [0.1, 0.15) is 413 Å². The van der Waals surface area contributed by atoms with Crippen molar-refractivity contribution >= 4 is 0 Å². The van der Waals surface area contributed by atoms with Gasteiger partial charge in [0.05, 0.1) is 0 Å². The summed E-state index contributed by atoms with van der Waals surface area (Å²) in [7, 11) is 0. The van der Waals surface area contributed by atoms with Gasteiger partial charge in [-0.25, -0.2) is 0 Å². The number of unbranched alkanes of at least 4 members (excludes halogenated alkanes) is 48. The Hall–Kier alpha value is -0.0400. The first-order chi connectivity index (χ1) is 34.3. The van der Waals surface area contributed by atoms with Crippen molar-refractivity contribution < 1.29 is 4.74 Å². The molecule has 416 valence electrons. The van der Waals surface area contributed by atoms with Crippen molar-refractivity contribution in [1.82, 2.24) is 0 Å². The molecule has 0 spiro atoms. The summed E-state index contributed by atoms with van der Waals surface area (Å²) in [6.45, 7) is 11.4. The molecule has 0 aromatic rings. The minimum absolute atomic E-state index is 0.998. The molecule has 0 aromatic carbocycles. The van der Waals surface area contributed by atoms with Gasteiger partial charge in [-0.05, 0) is 24.7 Å². The van der Waals surface area contributed by atoms with Crippen LogP contribution < -0.4 is 0 Å². The SMILES string of the molecule is CCCCCCCCCCCCCCCCC(CCC)CCCCCCCCCCCCCCOCCCCCCCCCCCCCCC(CCC)CCCCCCCCCCCCCCCC. The van der Waals surface area contributed by atoms with Gasteiger partial charge in [0.2, 0.25) is 0 Å². The van der Waals surface area contributed by atoms with E-state index >= 15 is 0 Å². The third-order valence-electron chi connectivity index (χ3n) is 16.6. The van der Waals surface area contributed by atoms with Crippen molar-refractivity contribution in [2.24, 2.45) is 11.8 Å².